The zero-order valence-electron chi connectivity index (χ0n) is 12.1. The number of piperidine rings is 1. The summed E-state index contributed by atoms with van der Waals surface area (Å²) in [5.74, 6) is 0.822. The summed E-state index contributed by atoms with van der Waals surface area (Å²) in [5.41, 5.74) is 0.840. The Hall–Kier alpha value is -1.77. The third kappa shape index (κ3) is 2.06. The quantitative estimate of drug-likeness (QED) is 0.671. The van der Waals surface area contributed by atoms with E-state index in [1.165, 1.54) is 6.33 Å². The number of anilines is 1. The van der Waals surface area contributed by atoms with Crippen LogP contribution in [0.5, 0.6) is 0 Å². The number of aromatic nitrogens is 4. The second kappa shape index (κ2) is 5.15. The monoisotopic (exact) mass is 305 g/mol. The summed E-state index contributed by atoms with van der Waals surface area (Å²) < 4.78 is 5.86. The summed E-state index contributed by atoms with van der Waals surface area (Å²) in [6.07, 6.45) is 3.42. The topological polar surface area (TPSA) is 107 Å². The lowest BCUT2D eigenvalue weighted by molar-refractivity contribution is -0.205. The second-order valence-corrected chi connectivity index (χ2v) is 6.00. The first-order chi connectivity index (χ1) is 10.7. The van der Waals surface area contributed by atoms with Crippen LogP contribution in [0.3, 0.4) is 0 Å². The molecule has 8 heteroatoms. The molecule has 2 aliphatic rings. The minimum atomic E-state index is -0.819. The summed E-state index contributed by atoms with van der Waals surface area (Å²) in [4.78, 5) is 17.9. The van der Waals surface area contributed by atoms with Crippen molar-refractivity contribution in [1.82, 2.24) is 19.9 Å². The van der Waals surface area contributed by atoms with Crippen LogP contribution >= 0.6 is 0 Å². The van der Waals surface area contributed by atoms with Crippen molar-refractivity contribution < 1.29 is 14.9 Å². The highest BCUT2D eigenvalue weighted by molar-refractivity contribution is 5.82. The normalized spacial score (nSPS) is 28.4. The van der Waals surface area contributed by atoms with Crippen molar-refractivity contribution in [2.75, 3.05) is 24.6 Å². The third-order valence-electron chi connectivity index (χ3n) is 4.82. The van der Waals surface area contributed by atoms with Gasteiger partial charge in [-0.3, -0.25) is 0 Å². The lowest BCUT2D eigenvalue weighted by Crippen LogP contribution is -2.60. The van der Waals surface area contributed by atoms with Gasteiger partial charge in [0.15, 0.2) is 11.5 Å². The second-order valence-electron chi connectivity index (χ2n) is 6.00. The fourth-order valence-electron chi connectivity index (χ4n) is 3.51. The van der Waals surface area contributed by atoms with Gasteiger partial charge in [-0.15, -0.1) is 0 Å². The number of imidazole rings is 1. The van der Waals surface area contributed by atoms with Crippen LogP contribution in [0.1, 0.15) is 19.3 Å². The fraction of sp³-hybridized carbons (Fsp3) is 0.643. The Morgan fingerprint density at radius 2 is 2.05 bits per heavy atom. The summed E-state index contributed by atoms with van der Waals surface area (Å²) in [5, 5.41) is 20.2. The number of nitrogens with one attached hydrogen (secondary N) is 1. The molecule has 2 aromatic heterocycles. The van der Waals surface area contributed by atoms with E-state index in [9.17, 15) is 10.2 Å². The highest BCUT2D eigenvalue weighted by atomic mass is 16.5. The van der Waals surface area contributed by atoms with Crippen LogP contribution in [0.25, 0.3) is 11.2 Å². The largest absolute Gasteiger partial charge is 0.390 e. The molecule has 0 amide bonds. The maximum absolute atomic E-state index is 10.3. The molecule has 4 rings (SSSR count). The molecule has 2 atom stereocenters. The van der Waals surface area contributed by atoms with Crippen LogP contribution in [0.15, 0.2) is 12.7 Å². The summed E-state index contributed by atoms with van der Waals surface area (Å²) in [6, 6.07) is 0. The van der Waals surface area contributed by atoms with Gasteiger partial charge in [-0.1, -0.05) is 0 Å². The number of H-pyrrole nitrogens is 1. The zero-order chi connectivity index (χ0) is 15.2. The van der Waals surface area contributed by atoms with Crippen LogP contribution in [0.4, 0.5) is 5.82 Å². The van der Waals surface area contributed by atoms with E-state index in [1.807, 2.05) is 0 Å². The number of aromatic amines is 1. The first kappa shape index (κ1) is 13.9. The van der Waals surface area contributed by atoms with E-state index in [-0.39, 0.29) is 0 Å². The smallest absolute Gasteiger partial charge is 0.182 e. The van der Waals surface area contributed by atoms with Gasteiger partial charge in [0.1, 0.15) is 17.9 Å². The van der Waals surface area contributed by atoms with Gasteiger partial charge < -0.3 is 24.8 Å². The van der Waals surface area contributed by atoms with Gasteiger partial charge >= 0.3 is 0 Å². The molecular weight excluding hydrogens is 286 g/mol. The van der Waals surface area contributed by atoms with Crippen LogP contribution in [-0.4, -0.2) is 67.7 Å². The van der Waals surface area contributed by atoms with Crippen LogP contribution in [-0.2, 0) is 4.74 Å². The van der Waals surface area contributed by atoms with Crippen molar-refractivity contribution in [1.29, 1.82) is 0 Å². The highest BCUT2D eigenvalue weighted by Crippen LogP contribution is 2.37. The number of aliphatic hydroxyl groups excluding tert-OH is 2. The molecule has 0 aromatic carbocycles. The highest BCUT2D eigenvalue weighted by Gasteiger charge is 2.47. The molecular formula is C14H19N5O3. The summed E-state index contributed by atoms with van der Waals surface area (Å²) in [7, 11) is 0. The molecule has 2 aliphatic heterocycles. The van der Waals surface area contributed by atoms with E-state index in [2.05, 4.69) is 24.8 Å². The number of hydrogen-bond donors (Lipinski definition) is 3. The van der Waals surface area contributed by atoms with E-state index >= 15 is 0 Å². The van der Waals surface area contributed by atoms with Crippen LogP contribution in [0, 0.1) is 0 Å². The van der Waals surface area contributed by atoms with Gasteiger partial charge in [0.2, 0.25) is 0 Å². The van der Waals surface area contributed by atoms with Gasteiger partial charge in [0.05, 0.1) is 24.6 Å². The number of hydrogen-bond acceptors (Lipinski definition) is 7. The lowest BCUT2D eigenvalue weighted by atomic mass is 9.80. The van der Waals surface area contributed by atoms with Crippen molar-refractivity contribution in [2.45, 2.75) is 37.1 Å². The molecule has 2 saturated heterocycles. The number of aliphatic hydroxyl groups is 2. The molecule has 3 N–H and O–H groups in total. The first-order valence-corrected chi connectivity index (χ1v) is 7.59. The Balaban J connectivity index is 1.56. The Morgan fingerprint density at radius 1 is 1.23 bits per heavy atom. The van der Waals surface area contributed by atoms with Gasteiger partial charge in [0.25, 0.3) is 0 Å². The Morgan fingerprint density at radius 3 is 2.86 bits per heavy atom. The van der Waals surface area contributed by atoms with E-state index in [0.29, 0.717) is 44.6 Å². The van der Waals surface area contributed by atoms with Gasteiger partial charge in [-0.2, -0.15) is 0 Å². The SMILES string of the molecule is O[C@H]1CCOC2(CCN(c3ncnc4nc[nH]c34)CC2)[C@H]1O. The predicted octanol–water partition coefficient (Wildman–Crippen LogP) is -0.166. The molecule has 4 heterocycles. The minimum absolute atomic E-state index is 0.493. The van der Waals surface area contributed by atoms with Crippen LogP contribution < -0.4 is 4.90 Å². The molecule has 0 bridgehead atoms. The number of nitrogens with zero attached hydrogens (tertiary/aromatic N) is 4. The Labute approximate surface area is 127 Å². The molecule has 0 aliphatic carbocycles. The molecule has 22 heavy (non-hydrogen) atoms. The van der Waals surface area contributed by atoms with Crippen LogP contribution in [0.2, 0.25) is 0 Å². The molecule has 2 fully saturated rings. The molecule has 8 nitrogen and oxygen atoms in total. The lowest BCUT2D eigenvalue weighted by Gasteiger charge is -2.48. The van der Waals surface area contributed by atoms with E-state index in [4.69, 9.17) is 4.74 Å². The van der Waals surface area contributed by atoms with Gasteiger partial charge in [-0.25, -0.2) is 15.0 Å². The maximum atomic E-state index is 10.3. The van der Waals surface area contributed by atoms with Crippen molar-refractivity contribution in [3.63, 3.8) is 0 Å². The minimum Gasteiger partial charge on any atom is -0.390 e. The number of rotatable bonds is 1. The average Bonchev–Trinajstić information content (AvgIpc) is 3.02. The standard InChI is InChI=1S/C14H19N5O3/c20-9-1-6-22-14(11(9)21)2-4-19(5-3-14)13-10-12(16-7-15-10)17-8-18-13/h7-9,11,20-21H,1-6H2,(H,15,16,17,18)/t9-,11-/m0/s1. The zero-order valence-corrected chi connectivity index (χ0v) is 12.1. The van der Waals surface area contributed by atoms with Crippen molar-refractivity contribution in [3.8, 4) is 0 Å². The maximum Gasteiger partial charge on any atom is 0.182 e. The molecule has 0 unspecified atom stereocenters. The average molecular weight is 305 g/mol. The molecule has 2 aromatic rings. The van der Waals surface area contributed by atoms with Crippen molar-refractivity contribution >= 4 is 17.0 Å². The summed E-state index contributed by atoms with van der Waals surface area (Å²) in [6.45, 7) is 1.90. The molecule has 1 spiro atoms. The number of fused-ring (bicyclic) bond motifs is 1. The first-order valence-electron chi connectivity index (χ1n) is 7.59. The fourth-order valence-corrected chi connectivity index (χ4v) is 3.51. The molecule has 0 radical (unpaired) electrons. The molecule has 118 valence electrons. The summed E-state index contributed by atoms with van der Waals surface area (Å²) >= 11 is 0. The van der Waals surface area contributed by atoms with Crippen molar-refractivity contribution in [3.05, 3.63) is 12.7 Å². The number of ether oxygens (including phenoxy) is 1. The Bertz CT molecular complexity index is 667. The van der Waals surface area contributed by atoms with Gasteiger partial charge in [-0.05, 0) is 19.3 Å². The van der Waals surface area contributed by atoms with E-state index in [1.54, 1.807) is 6.33 Å². The van der Waals surface area contributed by atoms with Gasteiger partial charge in [0, 0.05) is 13.1 Å². The van der Waals surface area contributed by atoms with Crippen molar-refractivity contribution in [2.24, 2.45) is 0 Å². The predicted molar refractivity (Wildman–Crippen MR) is 78.4 cm³/mol. The third-order valence-corrected chi connectivity index (χ3v) is 4.82. The van der Waals surface area contributed by atoms with E-state index in [0.717, 1.165) is 11.3 Å². The van der Waals surface area contributed by atoms with E-state index < -0.39 is 17.8 Å². The molecule has 0 saturated carbocycles. The Kier molecular flexibility index (Phi) is 3.24.